The third kappa shape index (κ3) is 5.77. The van der Waals surface area contributed by atoms with Gasteiger partial charge in [-0.2, -0.15) is 0 Å². The molecular formula is C19H29NO3. The summed E-state index contributed by atoms with van der Waals surface area (Å²) in [4.78, 5) is 12.3. The van der Waals surface area contributed by atoms with Crippen molar-refractivity contribution in [2.75, 3.05) is 12.3 Å². The lowest BCUT2D eigenvalue weighted by Gasteiger charge is -2.22. The summed E-state index contributed by atoms with van der Waals surface area (Å²) in [5, 5.41) is 0. The molecule has 1 aromatic carbocycles. The van der Waals surface area contributed by atoms with Crippen molar-refractivity contribution in [1.82, 2.24) is 0 Å². The maximum Gasteiger partial charge on any atom is 0.338 e. The first-order valence-corrected chi connectivity index (χ1v) is 8.94. The minimum Gasteiger partial charge on any atom is -0.491 e. The number of unbranched alkanes of at least 4 members (excludes halogenated alkanes) is 3. The van der Waals surface area contributed by atoms with Crippen LogP contribution in [0.2, 0.25) is 0 Å². The van der Waals surface area contributed by atoms with Crippen LogP contribution in [0.15, 0.2) is 18.2 Å². The van der Waals surface area contributed by atoms with Crippen molar-refractivity contribution in [3.8, 4) is 5.75 Å². The van der Waals surface area contributed by atoms with Gasteiger partial charge in [-0.3, -0.25) is 0 Å². The number of ether oxygens (including phenoxy) is 2. The molecule has 0 saturated heterocycles. The van der Waals surface area contributed by atoms with Crippen molar-refractivity contribution in [2.45, 2.75) is 70.8 Å². The van der Waals surface area contributed by atoms with Gasteiger partial charge in [-0.15, -0.1) is 0 Å². The minimum absolute atomic E-state index is 0.0622. The molecular weight excluding hydrogens is 290 g/mol. The third-order valence-corrected chi connectivity index (χ3v) is 4.33. The zero-order chi connectivity index (χ0) is 16.5. The average molecular weight is 319 g/mol. The molecule has 0 heterocycles. The van der Waals surface area contributed by atoms with E-state index in [1.807, 2.05) is 0 Å². The Bertz CT molecular complexity index is 495. The first-order chi connectivity index (χ1) is 11.2. The van der Waals surface area contributed by atoms with E-state index >= 15 is 0 Å². The number of nitrogen functional groups attached to an aromatic ring is 1. The lowest BCUT2D eigenvalue weighted by atomic mass is 9.98. The highest BCUT2D eigenvalue weighted by molar-refractivity contribution is 5.90. The highest BCUT2D eigenvalue weighted by Crippen LogP contribution is 2.25. The molecule has 1 aromatic rings. The summed E-state index contributed by atoms with van der Waals surface area (Å²) < 4.78 is 11.3. The molecule has 0 bridgehead atoms. The lowest BCUT2D eigenvalue weighted by molar-refractivity contribution is 0.0211. The van der Waals surface area contributed by atoms with E-state index in [2.05, 4.69) is 6.92 Å². The number of nitrogens with two attached hydrogens (primary N) is 1. The number of esters is 1. The first kappa shape index (κ1) is 17.6. The van der Waals surface area contributed by atoms with Crippen LogP contribution >= 0.6 is 0 Å². The summed E-state index contributed by atoms with van der Waals surface area (Å²) in [5.41, 5.74) is 7.02. The van der Waals surface area contributed by atoms with Crippen LogP contribution in [0.4, 0.5) is 5.69 Å². The van der Waals surface area contributed by atoms with Gasteiger partial charge in [-0.1, -0.05) is 32.6 Å². The molecule has 0 aliphatic heterocycles. The van der Waals surface area contributed by atoms with Crippen LogP contribution in [0.1, 0.15) is 75.1 Å². The highest BCUT2D eigenvalue weighted by atomic mass is 16.5. The summed E-state index contributed by atoms with van der Waals surface area (Å²) in [7, 11) is 0. The number of carbonyl (C=O) groups is 1. The fourth-order valence-corrected chi connectivity index (χ4v) is 2.90. The normalized spacial score (nSPS) is 15.3. The Balaban J connectivity index is 1.88. The summed E-state index contributed by atoms with van der Waals surface area (Å²) in [6, 6.07) is 5.14. The standard InChI is InChI=1S/C19H29NO3/c1-2-3-4-8-13-22-18-14-15(11-12-17(18)20)19(21)23-16-9-6-5-7-10-16/h11-12,14,16H,2-10,13,20H2,1H3. The monoisotopic (exact) mass is 319 g/mol. The lowest BCUT2D eigenvalue weighted by Crippen LogP contribution is -2.21. The molecule has 2 rings (SSSR count). The molecule has 23 heavy (non-hydrogen) atoms. The highest BCUT2D eigenvalue weighted by Gasteiger charge is 2.19. The number of carbonyl (C=O) groups excluding carboxylic acids is 1. The maximum absolute atomic E-state index is 12.3. The number of hydrogen-bond acceptors (Lipinski definition) is 4. The van der Waals surface area contributed by atoms with E-state index in [1.165, 1.54) is 19.3 Å². The van der Waals surface area contributed by atoms with Crippen molar-refractivity contribution in [2.24, 2.45) is 0 Å². The van der Waals surface area contributed by atoms with E-state index in [4.69, 9.17) is 15.2 Å². The van der Waals surface area contributed by atoms with E-state index in [0.717, 1.165) is 38.5 Å². The van der Waals surface area contributed by atoms with E-state index in [1.54, 1.807) is 18.2 Å². The van der Waals surface area contributed by atoms with Gasteiger partial charge >= 0.3 is 5.97 Å². The number of rotatable bonds is 8. The first-order valence-electron chi connectivity index (χ1n) is 8.94. The predicted octanol–water partition coefficient (Wildman–Crippen LogP) is 4.72. The van der Waals surface area contributed by atoms with Gasteiger partial charge in [0.05, 0.1) is 17.9 Å². The summed E-state index contributed by atoms with van der Waals surface area (Å²) >= 11 is 0. The molecule has 1 fully saturated rings. The molecule has 0 unspecified atom stereocenters. The van der Waals surface area contributed by atoms with Crippen molar-refractivity contribution >= 4 is 11.7 Å². The van der Waals surface area contributed by atoms with Gasteiger partial charge in [0.1, 0.15) is 11.9 Å². The van der Waals surface area contributed by atoms with Crippen LogP contribution in [0, 0.1) is 0 Å². The van der Waals surface area contributed by atoms with Gasteiger partial charge in [0, 0.05) is 0 Å². The fourth-order valence-electron chi connectivity index (χ4n) is 2.90. The Kier molecular flexibility index (Phi) is 7.24. The Morgan fingerprint density at radius 3 is 2.70 bits per heavy atom. The van der Waals surface area contributed by atoms with E-state index < -0.39 is 0 Å². The minimum atomic E-state index is -0.271. The van der Waals surface area contributed by atoms with Crippen molar-refractivity contribution in [3.63, 3.8) is 0 Å². The van der Waals surface area contributed by atoms with Crippen LogP contribution in [0.25, 0.3) is 0 Å². The second-order valence-electron chi connectivity index (χ2n) is 6.33. The van der Waals surface area contributed by atoms with Crippen LogP contribution in [0.5, 0.6) is 5.75 Å². The molecule has 4 nitrogen and oxygen atoms in total. The average Bonchev–Trinajstić information content (AvgIpc) is 2.57. The zero-order valence-electron chi connectivity index (χ0n) is 14.2. The number of anilines is 1. The molecule has 1 aliphatic rings. The van der Waals surface area contributed by atoms with Gasteiger partial charge in [0.25, 0.3) is 0 Å². The van der Waals surface area contributed by atoms with Gasteiger partial charge in [0.15, 0.2) is 0 Å². The SMILES string of the molecule is CCCCCCOc1cc(C(=O)OC2CCCCC2)ccc1N. The van der Waals surface area contributed by atoms with Gasteiger partial charge in [-0.05, 0) is 50.3 Å². The molecule has 0 radical (unpaired) electrons. The van der Waals surface area contributed by atoms with Crippen LogP contribution in [-0.2, 0) is 4.74 Å². The van der Waals surface area contributed by atoms with E-state index in [9.17, 15) is 4.79 Å². The van der Waals surface area contributed by atoms with Crippen molar-refractivity contribution in [3.05, 3.63) is 23.8 Å². The maximum atomic E-state index is 12.3. The summed E-state index contributed by atoms with van der Waals surface area (Å²) in [5.74, 6) is 0.312. The van der Waals surface area contributed by atoms with E-state index in [-0.39, 0.29) is 12.1 Å². The van der Waals surface area contributed by atoms with Crippen molar-refractivity contribution < 1.29 is 14.3 Å². The third-order valence-electron chi connectivity index (χ3n) is 4.33. The van der Waals surface area contributed by atoms with Gasteiger partial charge in [0.2, 0.25) is 0 Å². The van der Waals surface area contributed by atoms with E-state index in [0.29, 0.717) is 23.6 Å². The largest absolute Gasteiger partial charge is 0.491 e. The smallest absolute Gasteiger partial charge is 0.338 e. The Morgan fingerprint density at radius 2 is 1.96 bits per heavy atom. The van der Waals surface area contributed by atoms with Crippen LogP contribution in [-0.4, -0.2) is 18.7 Å². The zero-order valence-corrected chi connectivity index (χ0v) is 14.2. The summed E-state index contributed by atoms with van der Waals surface area (Å²) in [6.45, 7) is 2.81. The second kappa shape index (κ2) is 9.43. The number of hydrogen-bond donors (Lipinski definition) is 1. The predicted molar refractivity (Wildman–Crippen MR) is 92.8 cm³/mol. The Labute approximate surface area is 139 Å². The molecule has 0 atom stereocenters. The van der Waals surface area contributed by atoms with Crippen LogP contribution < -0.4 is 10.5 Å². The topological polar surface area (TPSA) is 61.5 Å². The van der Waals surface area contributed by atoms with Gasteiger partial charge < -0.3 is 15.2 Å². The Hall–Kier alpha value is -1.71. The molecule has 4 heteroatoms. The molecule has 2 N–H and O–H groups in total. The fraction of sp³-hybridized carbons (Fsp3) is 0.632. The van der Waals surface area contributed by atoms with Crippen molar-refractivity contribution in [1.29, 1.82) is 0 Å². The quantitative estimate of drug-likeness (QED) is 0.428. The molecule has 0 spiro atoms. The summed E-state index contributed by atoms with van der Waals surface area (Å²) in [6.07, 6.45) is 10.1. The second-order valence-corrected chi connectivity index (χ2v) is 6.33. The van der Waals surface area contributed by atoms with Gasteiger partial charge in [-0.25, -0.2) is 4.79 Å². The van der Waals surface area contributed by atoms with Crippen LogP contribution in [0.3, 0.4) is 0 Å². The molecule has 128 valence electrons. The number of benzene rings is 1. The molecule has 1 aliphatic carbocycles. The molecule has 1 saturated carbocycles. The Morgan fingerprint density at radius 1 is 1.17 bits per heavy atom. The molecule has 0 aromatic heterocycles. The molecule has 0 amide bonds.